The van der Waals surface area contributed by atoms with Crippen LogP contribution in [0.15, 0.2) is 0 Å². The molecule has 0 amide bonds. The van der Waals surface area contributed by atoms with E-state index in [4.69, 9.17) is 9.47 Å². The molecule has 0 aromatic rings. The highest BCUT2D eigenvalue weighted by Crippen LogP contribution is 2.45. The van der Waals surface area contributed by atoms with Crippen molar-refractivity contribution in [3.05, 3.63) is 0 Å². The van der Waals surface area contributed by atoms with Crippen molar-refractivity contribution in [1.29, 1.82) is 0 Å². The van der Waals surface area contributed by atoms with Gasteiger partial charge in [-0.05, 0) is 108 Å². The predicted molar refractivity (Wildman–Crippen MR) is 147 cm³/mol. The smallest absolute Gasteiger partial charge is 0.311 e. The number of carbonyl (C=O) groups is 2. The first-order valence-corrected chi connectivity index (χ1v) is 14.3. The number of hydrogen-bond acceptors (Lipinski definition) is 6. The molecule has 0 saturated carbocycles. The van der Waals surface area contributed by atoms with Crippen LogP contribution in [0.2, 0.25) is 0 Å². The summed E-state index contributed by atoms with van der Waals surface area (Å²) in [5, 5.41) is 0. The average molecular weight is 509 g/mol. The lowest BCUT2D eigenvalue weighted by Gasteiger charge is -2.38. The van der Waals surface area contributed by atoms with Gasteiger partial charge in [-0.1, -0.05) is 26.2 Å². The Morgan fingerprint density at radius 1 is 0.750 bits per heavy atom. The van der Waals surface area contributed by atoms with Crippen LogP contribution in [0.3, 0.4) is 0 Å². The fraction of sp³-hybridized carbons (Fsp3) is 0.933. The molecule has 2 aliphatic heterocycles. The zero-order valence-corrected chi connectivity index (χ0v) is 25.3. The van der Waals surface area contributed by atoms with E-state index < -0.39 is 0 Å². The highest BCUT2D eigenvalue weighted by Gasteiger charge is 2.54. The molecule has 0 aliphatic carbocycles. The number of unbranched alkanes of at least 4 members (excludes halogenated alkanes) is 4. The highest BCUT2D eigenvalue weighted by molar-refractivity contribution is 5.75. The van der Waals surface area contributed by atoms with E-state index in [0.29, 0.717) is 6.61 Å². The van der Waals surface area contributed by atoms with Crippen LogP contribution in [0.4, 0.5) is 0 Å². The molecule has 3 unspecified atom stereocenters. The van der Waals surface area contributed by atoms with Gasteiger partial charge in [0.2, 0.25) is 0 Å². The summed E-state index contributed by atoms with van der Waals surface area (Å²) < 4.78 is 11.7. The summed E-state index contributed by atoms with van der Waals surface area (Å²) in [6, 6.07) is 0. The minimum atomic E-state index is -0.192. The van der Waals surface area contributed by atoms with Crippen LogP contribution in [-0.2, 0) is 19.1 Å². The minimum Gasteiger partial charge on any atom is -0.465 e. The molecule has 2 rings (SSSR count). The first-order valence-electron chi connectivity index (χ1n) is 14.3. The maximum Gasteiger partial charge on any atom is 0.311 e. The Morgan fingerprint density at radius 3 is 1.64 bits per heavy atom. The van der Waals surface area contributed by atoms with Gasteiger partial charge in [-0.2, -0.15) is 0 Å². The Bertz CT molecular complexity index is 758. The van der Waals surface area contributed by atoms with E-state index in [2.05, 4.69) is 86.2 Å². The number of likely N-dealkylation sites (tertiary alicyclic amines) is 2. The Kier molecular flexibility index (Phi) is 10.1. The van der Waals surface area contributed by atoms with Crippen molar-refractivity contribution in [1.82, 2.24) is 9.80 Å². The van der Waals surface area contributed by atoms with Crippen LogP contribution < -0.4 is 0 Å². The number of ether oxygens (including phenoxy) is 2. The number of esters is 2. The molecule has 0 radical (unpaired) electrons. The lowest BCUT2D eigenvalue weighted by atomic mass is 9.87. The molecule has 2 aliphatic rings. The molecule has 2 heterocycles. The van der Waals surface area contributed by atoms with Gasteiger partial charge in [0.1, 0.15) is 6.10 Å². The number of hydrogen-bond donors (Lipinski definition) is 0. The van der Waals surface area contributed by atoms with Gasteiger partial charge in [-0.25, -0.2) is 0 Å². The summed E-state index contributed by atoms with van der Waals surface area (Å²) in [5.41, 5.74) is -0.358. The number of nitrogens with zero attached hydrogens (tertiary/aromatic N) is 2. The van der Waals surface area contributed by atoms with Gasteiger partial charge >= 0.3 is 11.9 Å². The van der Waals surface area contributed by atoms with Gasteiger partial charge in [0.15, 0.2) is 0 Å². The molecular weight excluding hydrogens is 452 g/mol. The summed E-state index contributed by atoms with van der Waals surface area (Å²) >= 11 is 0. The molecule has 210 valence electrons. The molecule has 6 heteroatoms. The van der Waals surface area contributed by atoms with E-state index in [9.17, 15) is 9.59 Å². The molecule has 0 bridgehead atoms. The molecule has 0 aromatic carbocycles. The Morgan fingerprint density at radius 2 is 1.19 bits per heavy atom. The second kappa shape index (κ2) is 11.7. The van der Waals surface area contributed by atoms with Gasteiger partial charge in [0.05, 0.1) is 18.4 Å². The van der Waals surface area contributed by atoms with Crippen molar-refractivity contribution >= 4 is 11.9 Å². The summed E-state index contributed by atoms with van der Waals surface area (Å²) in [5.74, 6) is -0.251. The molecule has 2 saturated heterocycles. The third-order valence-corrected chi connectivity index (χ3v) is 9.88. The molecule has 0 N–H and O–H groups in total. The van der Waals surface area contributed by atoms with Crippen LogP contribution >= 0.6 is 0 Å². The minimum absolute atomic E-state index is 0.000390. The zero-order valence-electron chi connectivity index (χ0n) is 25.3. The van der Waals surface area contributed by atoms with E-state index in [-0.39, 0.29) is 52.0 Å². The monoisotopic (exact) mass is 508 g/mol. The molecule has 36 heavy (non-hydrogen) atoms. The van der Waals surface area contributed by atoms with E-state index in [0.717, 1.165) is 57.8 Å². The first kappa shape index (κ1) is 31.1. The molecular formula is C30H56N2O4. The first-order chi connectivity index (χ1) is 16.5. The lowest BCUT2D eigenvalue weighted by molar-refractivity contribution is -0.157. The predicted octanol–water partition coefficient (Wildman–Crippen LogP) is 6.21. The summed E-state index contributed by atoms with van der Waals surface area (Å²) in [7, 11) is 4.21. The summed E-state index contributed by atoms with van der Waals surface area (Å²) in [6.07, 6.45) is 8.70. The third kappa shape index (κ3) is 6.83. The summed E-state index contributed by atoms with van der Waals surface area (Å²) in [4.78, 5) is 30.4. The second-order valence-electron chi connectivity index (χ2n) is 13.8. The Hall–Kier alpha value is -1.14. The van der Waals surface area contributed by atoms with Crippen molar-refractivity contribution in [2.45, 2.75) is 148 Å². The van der Waals surface area contributed by atoms with Crippen LogP contribution in [0.25, 0.3) is 0 Å². The number of rotatable bonds is 12. The van der Waals surface area contributed by atoms with Crippen molar-refractivity contribution in [3.63, 3.8) is 0 Å². The quantitative estimate of drug-likeness (QED) is 0.231. The van der Waals surface area contributed by atoms with Crippen molar-refractivity contribution in [2.24, 2.45) is 11.8 Å². The van der Waals surface area contributed by atoms with Gasteiger partial charge < -0.3 is 9.47 Å². The van der Waals surface area contributed by atoms with Gasteiger partial charge in [0.25, 0.3) is 0 Å². The van der Waals surface area contributed by atoms with Crippen LogP contribution in [0.1, 0.15) is 120 Å². The number of carbonyl (C=O) groups excluding carboxylic acids is 2. The van der Waals surface area contributed by atoms with E-state index in [1.165, 1.54) is 0 Å². The lowest BCUT2D eigenvalue weighted by Crippen LogP contribution is -2.48. The highest BCUT2D eigenvalue weighted by atomic mass is 16.5. The molecule has 6 nitrogen and oxygen atoms in total. The Balaban J connectivity index is 1.63. The largest absolute Gasteiger partial charge is 0.465 e. The normalized spacial score (nSPS) is 27.6. The SMILES string of the molecule is CCC(CCCCCCCOC(=O)C1CC(C)(C)N(C)C1(C)C)OC(=O)C1CC(C)(C)N(C)C1(C)C. The van der Waals surface area contributed by atoms with Gasteiger partial charge in [-0.3, -0.25) is 19.4 Å². The van der Waals surface area contributed by atoms with Crippen LogP contribution in [0, 0.1) is 11.8 Å². The maximum atomic E-state index is 13.0. The maximum absolute atomic E-state index is 13.0. The van der Waals surface area contributed by atoms with E-state index >= 15 is 0 Å². The molecule has 3 atom stereocenters. The van der Waals surface area contributed by atoms with Gasteiger partial charge in [-0.15, -0.1) is 0 Å². The third-order valence-electron chi connectivity index (χ3n) is 9.88. The zero-order chi connectivity index (χ0) is 27.5. The average Bonchev–Trinajstić information content (AvgIpc) is 3.06. The Labute approximate surface area is 221 Å². The summed E-state index contributed by atoms with van der Waals surface area (Å²) in [6.45, 7) is 20.0. The molecule has 0 aromatic heterocycles. The van der Waals surface area contributed by atoms with Crippen LogP contribution in [-0.4, -0.2) is 70.7 Å². The fourth-order valence-electron chi connectivity index (χ4n) is 6.41. The standard InChI is InChI=1S/C30H56N2O4/c1-12-22(36-26(34)24-21-28(4,5)32(11)30(24,8)9)18-16-14-13-15-17-19-35-25(33)23-20-27(2,3)31(10)29(23,6)7/h22-24H,12-21H2,1-11H3. The second-order valence-corrected chi connectivity index (χ2v) is 13.8. The van der Waals surface area contributed by atoms with Crippen molar-refractivity contribution in [2.75, 3.05) is 20.7 Å². The molecule has 0 spiro atoms. The van der Waals surface area contributed by atoms with Gasteiger partial charge in [0, 0.05) is 22.2 Å². The van der Waals surface area contributed by atoms with E-state index in [1.807, 2.05) is 0 Å². The van der Waals surface area contributed by atoms with E-state index in [1.54, 1.807) is 0 Å². The van der Waals surface area contributed by atoms with Crippen molar-refractivity contribution in [3.8, 4) is 0 Å². The fourth-order valence-corrected chi connectivity index (χ4v) is 6.41. The molecule has 2 fully saturated rings. The topological polar surface area (TPSA) is 59.1 Å². The van der Waals surface area contributed by atoms with Crippen LogP contribution in [0.5, 0.6) is 0 Å². The van der Waals surface area contributed by atoms with Crippen molar-refractivity contribution < 1.29 is 19.1 Å².